The van der Waals surface area contributed by atoms with Crippen LogP contribution in [0.5, 0.6) is 0 Å². The fourth-order valence-electron chi connectivity index (χ4n) is 4.36. The summed E-state index contributed by atoms with van der Waals surface area (Å²) in [5, 5.41) is 33.3. The first-order chi connectivity index (χ1) is 23.2. The molecule has 0 aromatic heterocycles. The third-order valence-electron chi connectivity index (χ3n) is 6.85. The standard InChI is InChI=1S/C18H23NO.C10H10O2.C8H5NO2.C6H6/c1-12(2)7-9-14(4)19-15(5)18-11-13(3)8-10-17(18)16(6)20;1-7(11)9-5-3-4-6-10(9)8(2)12;10-7-5-3-1-2-4-6(5)8(11)9-7;1-2-4-6-5-3-1/h8,10-11,19-20H,1,4-7,9H2,2-3H3;3-6,11-12H,1-2H2;1-4H,(H,9,10,11);1-6H. The van der Waals surface area contributed by atoms with Crippen molar-refractivity contribution < 1.29 is 24.9 Å². The van der Waals surface area contributed by atoms with Gasteiger partial charge in [-0.3, -0.25) is 14.9 Å². The van der Waals surface area contributed by atoms with Crippen LogP contribution in [0.4, 0.5) is 0 Å². The minimum atomic E-state index is -0.300. The summed E-state index contributed by atoms with van der Waals surface area (Å²) in [7, 11) is 0. The Kier molecular flexibility index (Phi) is 15.3. The Labute approximate surface area is 289 Å². The average molecular weight is 657 g/mol. The molecule has 0 aliphatic carbocycles. The second-order valence-electron chi connectivity index (χ2n) is 11.1. The SMILES string of the molecule is C=C(C)CCC(=C)NC(=C)c1cc(C)ccc1C(=C)O.C=C(O)c1ccccc1C(=C)O.O=C1NC(=O)c2ccccc21.c1ccccc1. The number of rotatable bonds is 9. The monoisotopic (exact) mass is 656 g/mol. The Morgan fingerprint density at radius 1 is 0.592 bits per heavy atom. The second-order valence-corrected chi connectivity index (χ2v) is 11.1. The number of hydrogen-bond acceptors (Lipinski definition) is 6. The summed E-state index contributed by atoms with van der Waals surface area (Å²) in [6, 6.07) is 31.3. The first-order valence-electron chi connectivity index (χ1n) is 15.3. The lowest BCUT2D eigenvalue weighted by atomic mass is 10.0. The van der Waals surface area contributed by atoms with Gasteiger partial charge in [-0.2, -0.15) is 0 Å². The lowest BCUT2D eigenvalue weighted by Gasteiger charge is -2.16. The summed E-state index contributed by atoms with van der Waals surface area (Å²) in [4.78, 5) is 21.9. The number of fused-ring (bicyclic) bond motifs is 1. The van der Waals surface area contributed by atoms with Gasteiger partial charge in [0.2, 0.25) is 0 Å². The molecule has 2 amide bonds. The van der Waals surface area contributed by atoms with E-state index < -0.39 is 0 Å². The lowest BCUT2D eigenvalue weighted by Crippen LogP contribution is -2.19. The minimum Gasteiger partial charge on any atom is -0.508 e. The van der Waals surface area contributed by atoms with Crippen LogP contribution in [0.1, 0.15) is 68.3 Å². The molecule has 0 unspecified atom stereocenters. The van der Waals surface area contributed by atoms with Crippen LogP contribution in [0.25, 0.3) is 23.0 Å². The zero-order chi connectivity index (χ0) is 36.5. The Hall–Kier alpha value is -6.34. The molecule has 5 N–H and O–H groups in total. The third kappa shape index (κ3) is 12.8. The van der Waals surface area contributed by atoms with Crippen molar-refractivity contribution in [3.8, 4) is 0 Å². The van der Waals surface area contributed by atoms with Gasteiger partial charge in [-0.1, -0.05) is 129 Å². The topological polar surface area (TPSA) is 119 Å². The molecule has 0 atom stereocenters. The number of amides is 2. The zero-order valence-corrected chi connectivity index (χ0v) is 28.1. The van der Waals surface area contributed by atoms with Gasteiger partial charge in [0.1, 0.15) is 17.3 Å². The van der Waals surface area contributed by atoms with Crippen molar-refractivity contribution in [2.45, 2.75) is 26.7 Å². The van der Waals surface area contributed by atoms with Gasteiger partial charge in [-0.25, -0.2) is 0 Å². The largest absolute Gasteiger partial charge is 0.508 e. The van der Waals surface area contributed by atoms with Gasteiger partial charge in [-0.15, -0.1) is 6.58 Å². The van der Waals surface area contributed by atoms with E-state index in [1.807, 2.05) is 68.4 Å². The van der Waals surface area contributed by atoms with E-state index in [1.165, 1.54) is 0 Å². The predicted octanol–water partition coefficient (Wildman–Crippen LogP) is 9.95. The van der Waals surface area contributed by atoms with E-state index in [0.29, 0.717) is 33.5 Å². The molecule has 1 aliphatic heterocycles. The van der Waals surface area contributed by atoms with Crippen LogP contribution in [0, 0.1) is 6.92 Å². The van der Waals surface area contributed by atoms with E-state index in [0.717, 1.165) is 35.2 Å². The Bertz CT molecular complexity index is 1760. The average Bonchev–Trinajstić information content (AvgIpc) is 3.37. The normalized spacial score (nSPS) is 10.6. The van der Waals surface area contributed by atoms with Crippen LogP contribution in [-0.4, -0.2) is 27.1 Å². The third-order valence-corrected chi connectivity index (χ3v) is 6.85. The molecular formula is C42H44N2O5. The molecule has 0 saturated carbocycles. The highest BCUT2D eigenvalue weighted by molar-refractivity contribution is 6.21. The number of hydrogen-bond donors (Lipinski definition) is 5. The number of aryl methyl sites for hydroxylation is 1. The van der Waals surface area contributed by atoms with Crippen molar-refractivity contribution in [2.75, 3.05) is 0 Å². The fraction of sp³-hybridized carbons (Fsp3) is 0.0952. The minimum absolute atomic E-state index is 0.0375. The van der Waals surface area contributed by atoms with Crippen LogP contribution < -0.4 is 10.6 Å². The molecule has 0 spiro atoms. The second kappa shape index (κ2) is 19.4. The number of aliphatic hydroxyl groups is 3. The van der Waals surface area contributed by atoms with Crippen LogP contribution in [0.2, 0.25) is 0 Å². The molecule has 7 heteroatoms. The van der Waals surface area contributed by atoms with Crippen molar-refractivity contribution in [2.24, 2.45) is 0 Å². The smallest absolute Gasteiger partial charge is 0.258 e. The zero-order valence-electron chi connectivity index (χ0n) is 28.1. The molecular weight excluding hydrogens is 612 g/mol. The highest BCUT2D eigenvalue weighted by Gasteiger charge is 2.25. The van der Waals surface area contributed by atoms with Gasteiger partial charge in [0.05, 0.1) is 11.1 Å². The maximum Gasteiger partial charge on any atom is 0.258 e. The highest BCUT2D eigenvalue weighted by Crippen LogP contribution is 2.24. The molecule has 4 aromatic carbocycles. The van der Waals surface area contributed by atoms with E-state index in [-0.39, 0.29) is 29.1 Å². The number of carbonyl (C=O) groups is 2. The van der Waals surface area contributed by atoms with Gasteiger partial charge in [-0.05, 0) is 44.9 Å². The van der Waals surface area contributed by atoms with Gasteiger partial charge in [0, 0.05) is 33.6 Å². The van der Waals surface area contributed by atoms with Gasteiger partial charge in [0.15, 0.2) is 0 Å². The summed E-state index contributed by atoms with van der Waals surface area (Å²) < 4.78 is 0. The van der Waals surface area contributed by atoms with Crippen LogP contribution >= 0.6 is 0 Å². The van der Waals surface area contributed by atoms with Crippen molar-refractivity contribution in [3.63, 3.8) is 0 Å². The molecule has 49 heavy (non-hydrogen) atoms. The number of imide groups is 1. The molecule has 0 radical (unpaired) electrons. The molecule has 0 saturated heterocycles. The number of benzene rings is 4. The Morgan fingerprint density at radius 3 is 1.41 bits per heavy atom. The number of carbonyl (C=O) groups excluding carboxylic acids is 2. The molecule has 0 bridgehead atoms. The van der Waals surface area contributed by atoms with E-state index in [1.54, 1.807) is 48.5 Å². The van der Waals surface area contributed by atoms with E-state index in [2.05, 4.69) is 50.1 Å². The molecule has 7 nitrogen and oxygen atoms in total. The molecule has 1 heterocycles. The molecule has 252 valence electrons. The highest BCUT2D eigenvalue weighted by atomic mass is 16.3. The maximum absolute atomic E-state index is 10.9. The van der Waals surface area contributed by atoms with E-state index in [4.69, 9.17) is 10.2 Å². The van der Waals surface area contributed by atoms with E-state index >= 15 is 0 Å². The first-order valence-corrected chi connectivity index (χ1v) is 15.3. The van der Waals surface area contributed by atoms with Crippen LogP contribution in [0.15, 0.2) is 154 Å². The first kappa shape index (κ1) is 38.8. The summed E-state index contributed by atoms with van der Waals surface area (Å²) in [6.07, 6.45) is 1.71. The van der Waals surface area contributed by atoms with Crippen molar-refractivity contribution in [1.29, 1.82) is 0 Å². The van der Waals surface area contributed by atoms with Crippen molar-refractivity contribution in [1.82, 2.24) is 10.6 Å². The van der Waals surface area contributed by atoms with Crippen LogP contribution in [0.3, 0.4) is 0 Å². The predicted molar refractivity (Wildman–Crippen MR) is 203 cm³/mol. The van der Waals surface area contributed by atoms with E-state index in [9.17, 15) is 14.7 Å². The quantitative estimate of drug-likeness (QED) is 0.0695. The molecule has 5 rings (SSSR count). The molecule has 4 aromatic rings. The summed E-state index contributed by atoms with van der Waals surface area (Å²) in [5.41, 5.74) is 7.29. The lowest BCUT2D eigenvalue weighted by molar-refractivity contribution is 0.0879. The van der Waals surface area contributed by atoms with Gasteiger partial charge < -0.3 is 20.6 Å². The van der Waals surface area contributed by atoms with Crippen molar-refractivity contribution in [3.05, 3.63) is 193 Å². The van der Waals surface area contributed by atoms with Crippen LogP contribution in [-0.2, 0) is 0 Å². The summed E-state index contributed by atoms with van der Waals surface area (Å²) >= 11 is 0. The summed E-state index contributed by atoms with van der Waals surface area (Å²) in [6.45, 7) is 26.2. The Balaban J connectivity index is 0.000000245. The molecule has 0 fully saturated rings. The fourth-order valence-corrected chi connectivity index (χ4v) is 4.36. The van der Waals surface area contributed by atoms with Crippen molar-refractivity contribution >= 4 is 34.8 Å². The molecule has 1 aliphatic rings. The summed E-state index contributed by atoms with van der Waals surface area (Å²) in [5.74, 6) is -0.701. The van der Waals surface area contributed by atoms with Gasteiger partial charge >= 0.3 is 0 Å². The Morgan fingerprint density at radius 2 is 1.00 bits per heavy atom. The number of aliphatic hydroxyl groups excluding tert-OH is 3. The number of nitrogens with one attached hydrogen (secondary N) is 2. The maximum atomic E-state index is 10.9. The van der Waals surface area contributed by atoms with Gasteiger partial charge in [0.25, 0.3) is 11.8 Å². The number of allylic oxidation sites excluding steroid dienone is 2.